The maximum Gasteiger partial charge on any atom is 0.346 e. The Morgan fingerprint density at radius 1 is 1.33 bits per heavy atom. The van der Waals surface area contributed by atoms with Crippen LogP contribution in [0.5, 0.6) is 5.95 Å². The predicted octanol–water partition coefficient (Wildman–Crippen LogP) is 2.57. The fraction of sp³-hybridized carbons (Fsp3) is 0.182. The zero-order chi connectivity index (χ0) is 10.7. The number of rotatable bonds is 3. The van der Waals surface area contributed by atoms with E-state index in [9.17, 15) is 4.79 Å². The average molecular weight is 269 g/mol. The van der Waals surface area contributed by atoms with Crippen LogP contribution >= 0.6 is 15.9 Å². The van der Waals surface area contributed by atoms with Gasteiger partial charge in [0.2, 0.25) is 0 Å². The van der Waals surface area contributed by atoms with Crippen LogP contribution in [0.4, 0.5) is 0 Å². The lowest BCUT2D eigenvalue weighted by Crippen LogP contribution is -2.04. The van der Waals surface area contributed by atoms with Gasteiger partial charge in [0, 0.05) is 11.4 Å². The number of halogens is 1. The van der Waals surface area contributed by atoms with Crippen molar-refractivity contribution in [2.24, 2.45) is 0 Å². The van der Waals surface area contributed by atoms with Crippen molar-refractivity contribution in [3.8, 4) is 5.95 Å². The van der Waals surface area contributed by atoms with Crippen LogP contribution in [-0.4, -0.2) is 11.9 Å². The van der Waals surface area contributed by atoms with E-state index in [0.29, 0.717) is 17.3 Å². The number of alkyl halides is 1. The number of hydrogen-bond acceptors (Lipinski definition) is 3. The van der Waals surface area contributed by atoms with Crippen LogP contribution in [0.15, 0.2) is 39.5 Å². The maximum atomic E-state index is 11.5. The van der Waals surface area contributed by atoms with Crippen molar-refractivity contribution >= 4 is 26.7 Å². The Balaban J connectivity index is 2.48. The van der Waals surface area contributed by atoms with Crippen LogP contribution < -0.4 is 10.4 Å². The van der Waals surface area contributed by atoms with Crippen LogP contribution in [0.2, 0.25) is 0 Å². The van der Waals surface area contributed by atoms with Crippen LogP contribution in [-0.2, 0) is 0 Å². The van der Waals surface area contributed by atoms with Crippen molar-refractivity contribution in [2.45, 2.75) is 0 Å². The molecule has 0 unspecified atom stereocenters. The molecule has 0 aliphatic rings. The second kappa shape index (κ2) is 4.49. The first-order valence-electron chi connectivity index (χ1n) is 4.53. The van der Waals surface area contributed by atoms with Gasteiger partial charge in [0.15, 0.2) is 0 Å². The first-order chi connectivity index (χ1) is 7.31. The van der Waals surface area contributed by atoms with Gasteiger partial charge >= 0.3 is 5.63 Å². The third-order valence-corrected chi connectivity index (χ3v) is 2.29. The molecule has 1 aromatic heterocycles. The summed E-state index contributed by atoms with van der Waals surface area (Å²) >= 11 is 3.23. The molecule has 15 heavy (non-hydrogen) atoms. The Kier molecular flexibility index (Phi) is 3.06. The Morgan fingerprint density at radius 2 is 2.13 bits per heavy atom. The van der Waals surface area contributed by atoms with Gasteiger partial charge in [-0.25, -0.2) is 4.79 Å². The SMILES string of the molecule is O=c1oc(OCCBr)cc2ccccc12. The van der Waals surface area contributed by atoms with E-state index in [1.807, 2.05) is 12.1 Å². The molecule has 78 valence electrons. The summed E-state index contributed by atoms with van der Waals surface area (Å²) < 4.78 is 10.2. The second-order valence-electron chi connectivity index (χ2n) is 2.98. The Labute approximate surface area is 94.8 Å². The van der Waals surface area contributed by atoms with Gasteiger partial charge in [0.05, 0.1) is 5.39 Å². The van der Waals surface area contributed by atoms with Crippen LogP contribution in [0.1, 0.15) is 0 Å². The van der Waals surface area contributed by atoms with Crippen molar-refractivity contribution in [1.82, 2.24) is 0 Å². The summed E-state index contributed by atoms with van der Waals surface area (Å²) in [6.45, 7) is 0.473. The summed E-state index contributed by atoms with van der Waals surface area (Å²) in [7, 11) is 0. The molecule has 2 aromatic rings. The standard InChI is InChI=1S/C11H9BrO3/c12-5-6-14-10-7-8-3-1-2-4-9(8)11(13)15-10/h1-4,7H,5-6H2. The summed E-state index contributed by atoms with van der Waals surface area (Å²) in [6, 6.07) is 8.98. The number of benzene rings is 1. The Hall–Kier alpha value is -1.29. The van der Waals surface area contributed by atoms with Gasteiger partial charge in [-0.05, 0) is 11.5 Å². The number of hydrogen-bond donors (Lipinski definition) is 0. The van der Waals surface area contributed by atoms with Gasteiger partial charge < -0.3 is 9.15 Å². The smallest absolute Gasteiger partial charge is 0.346 e. The zero-order valence-electron chi connectivity index (χ0n) is 7.90. The molecule has 0 fully saturated rings. The topological polar surface area (TPSA) is 39.4 Å². The molecule has 2 rings (SSSR count). The molecule has 0 aliphatic carbocycles. The molecule has 0 radical (unpaired) electrons. The predicted molar refractivity (Wildman–Crippen MR) is 61.8 cm³/mol. The van der Waals surface area contributed by atoms with Gasteiger partial charge in [-0.1, -0.05) is 34.1 Å². The van der Waals surface area contributed by atoms with E-state index in [1.165, 1.54) is 0 Å². The molecule has 4 heteroatoms. The Morgan fingerprint density at radius 3 is 2.93 bits per heavy atom. The fourth-order valence-corrected chi connectivity index (χ4v) is 1.48. The highest BCUT2D eigenvalue weighted by atomic mass is 79.9. The highest BCUT2D eigenvalue weighted by Crippen LogP contribution is 2.16. The van der Waals surface area contributed by atoms with E-state index in [0.717, 1.165) is 5.39 Å². The molecule has 0 N–H and O–H groups in total. The van der Waals surface area contributed by atoms with Crippen molar-refractivity contribution in [3.05, 3.63) is 40.8 Å². The lowest BCUT2D eigenvalue weighted by atomic mass is 10.2. The summed E-state index contributed by atoms with van der Waals surface area (Å²) in [5.74, 6) is 0.262. The summed E-state index contributed by atoms with van der Waals surface area (Å²) in [5.41, 5.74) is -0.363. The fourth-order valence-electron chi connectivity index (χ4n) is 1.32. The highest BCUT2D eigenvalue weighted by molar-refractivity contribution is 9.09. The molecule has 1 aromatic carbocycles. The van der Waals surface area contributed by atoms with Gasteiger partial charge in [0.25, 0.3) is 5.95 Å². The van der Waals surface area contributed by atoms with Crippen LogP contribution in [0.25, 0.3) is 10.8 Å². The molecular formula is C11H9BrO3. The third-order valence-electron chi connectivity index (χ3n) is 1.97. The van der Waals surface area contributed by atoms with E-state index in [-0.39, 0.29) is 11.6 Å². The molecule has 1 heterocycles. The molecule has 0 saturated carbocycles. The van der Waals surface area contributed by atoms with Crippen molar-refractivity contribution < 1.29 is 9.15 Å². The minimum atomic E-state index is -0.363. The van der Waals surface area contributed by atoms with E-state index in [4.69, 9.17) is 9.15 Å². The zero-order valence-corrected chi connectivity index (χ0v) is 9.49. The van der Waals surface area contributed by atoms with E-state index in [1.54, 1.807) is 18.2 Å². The molecule has 0 amide bonds. The van der Waals surface area contributed by atoms with Gasteiger partial charge in [-0.3, -0.25) is 0 Å². The summed E-state index contributed by atoms with van der Waals surface area (Å²) in [4.78, 5) is 11.5. The molecule has 0 saturated heterocycles. The number of ether oxygens (including phenoxy) is 1. The lowest BCUT2D eigenvalue weighted by molar-refractivity contribution is 0.249. The number of fused-ring (bicyclic) bond motifs is 1. The molecular weight excluding hydrogens is 260 g/mol. The van der Waals surface area contributed by atoms with E-state index in [2.05, 4.69) is 15.9 Å². The quantitative estimate of drug-likeness (QED) is 0.804. The van der Waals surface area contributed by atoms with Crippen molar-refractivity contribution in [3.63, 3.8) is 0 Å². The van der Waals surface area contributed by atoms with Gasteiger partial charge in [-0.15, -0.1) is 0 Å². The van der Waals surface area contributed by atoms with Gasteiger partial charge in [0.1, 0.15) is 6.61 Å². The van der Waals surface area contributed by atoms with Crippen LogP contribution in [0, 0.1) is 0 Å². The van der Waals surface area contributed by atoms with Crippen molar-refractivity contribution in [2.75, 3.05) is 11.9 Å². The summed E-state index contributed by atoms with van der Waals surface area (Å²) in [5, 5.41) is 2.10. The van der Waals surface area contributed by atoms with Crippen molar-refractivity contribution in [1.29, 1.82) is 0 Å². The second-order valence-corrected chi connectivity index (χ2v) is 3.77. The molecule has 0 bridgehead atoms. The molecule has 0 spiro atoms. The normalized spacial score (nSPS) is 10.5. The molecule has 3 nitrogen and oxygen atoms in total. The monoisotopic (exact) mass is 268 g/mol. The Bertz CT molecular complexity index is 518. The average Bonchev–Trinajstić information content (AvgIpc) is 2.26. The highest BCUT2D eigenvalue weighted by Gasteiger charge is 2.03. The minimum absolute atomic E-state index is 0.262. The maximum absolute atomic E-state index is 11.5. The third kappa shape index (κ3) is 2.21. The van der Waals surface area contributed by atoms with E-state index < -0.39 is 0 Å². The van der Waals surface area contributed by atoms with E-state index >= 15 is 0 Å². The molecule has 0 atom stereocenters. The summed E-state index contributed by atoms with van der Waals surface area (Å²) in [6.07, 6.45) is 0. The minimum Gasteiger partial charge on any atom is -0.464 e. The first-order valence-corrected chi connectivity index (χ1v) is 5.65. The largest absolute Gasteiger partial charge is 0.464 e. The first kappa shape index (κ1) is 10.2. The van der Waals surface area contributed by atoms with Gasteiger partial charge in [-0.2, -0.15) is 0 Å². The van der Waals surface area contributed by atoms with Crippen LogP contribution in [0.3, 0.4) is 0 Å². The lowest BCUT2D eigenvalue weighted by Gasteiger charge is -2.02. The molecule has 0 aliphatic heterocycles.